The Morgan fingerprint density at radius 3 is 2.71 bits per heavy atom. The molecule has 0 amide bonds. The summed E-state index contributed by atoms with van der Waals surface area (Å²) in [6.07, 6.45) is 0.723. The maximum absolute atomic E-state index is 10.8. The Hall–Kier alpha value is -1.36. The molecule has 1 aliphatic rings. The normalized spacial score (nSPS) is 22.0. The fourth-order valence-electron chi connectivity index (χ4n) is 1.60. The first-order valence-electron chi connectivity index (χ1n) is 5.27. The molecule has 1 saturated carbocycles. The molecule has 0 saturated heterocycles. The van der Waals surface area contributed by atoms with Gasteiger partial charge in [-0.2, -0.15) is 0 Å². The molecule has 1 fully saturated rings. The van der Waals surface area contributed by atoms with E-state index in [1.807, 2.05) is 18.2 Å². The van der Waals surface area contributed by atoms with Gasteiger partial charge in [0.2, 0.25) is 0 Å². The molecule has 92 valence electrons. The number of thioether (sulfide) groups is 1. The first kappa shape index (κ1) is 12.1. The summed E-state index contributed by atoms with van der Waals surface area (Å²) in [5, 5.41) is 9.01. The van der Waals surface area contributed by atoms with Crippen LogP contribution < -0.4 is 9.47 Å². The lowest BCUT2D eigenvalue weighted by Crippen LogP contribution is -2.00. The lowest BCUT2D eigenvalue weighted by Gasteiger charge is -2.09. The molecule has 0 heterocycles. The summed E-state index contributed by atoms with van der Waals surface area (Å²) in [6, 6.07) is 5.53. The van der Waals surface area contributed by atoms with E-state index in [0.717, 1.165) is 22.8 Å². The van der Waals surface area contributed by atoms with Crippen molar-refractivity contribution in [2.75, 3.05) is 14.2 Å². The number of benzene rings is 1. The Balaban J connectivity index is 2.11. The monoisotopic (exact) mass is 254 g/mol. The van der Waals surface area contributed by atoms with Crippen molar-refractivity contribution >= 4 is 17.7 Å². The molecule has 5 heteroatoms. The molecule has 17 heavy (non-hydrogen) atoms. The summed E-state index contributed by atoms with van der Waals surface area (Å²) in [5.41, 5.74) is 0. The molecule has 1 aromatic carbocycles. The van der Waals surface area contributed by atoms with E-state index >= 15 is 0 Å². The number of aliphatic carboxylic acids is 1. The van der Waals surface area contributed by atoms with Crippen LogP contribution in [0.1, 0.15) is 6.42 Å². The molecule has 2 unspecified atom stereocenters. The van der Waals surface area contributed by atoms with Crippen molar-refractivity contribution in [3.8, 4) is 11.5 Å². The summed E-state index contributed by atoms with van der Waals surface area (Å²) in [6.45, 7) is 0. The number of rotatable bonds is 5. The second-order valence-corrected chi connectivity index (χ2v) is 5.13. The minimum Gasteiger partial charge on any atom is -0.497 e. The molecule has 1 aromatic rings. The lowest BCUT2D eigenvalue weighted by molar-refractivity contribution is -0.138. The molecule has 1 aliphatic carbocycles. The molecule has 4 nitrogen and oxygen atoms in total. The zero-order chi connectivity index (χ0) is 12.4. The van der Waals surface area contributed by atoms with Crippen molar-refractivity contribution in [1.29, 1.82) is 0 Å². The van der Waals surface area contributed by atoms with Crippen molar-refractivity contribution < 1.29 is 19.4 Å². The van der Waals surface area contributed by atoms with Gasteiger partial charge in [-0.25, -0.2) is 0 Å². The third kappa shape index (κ3) is 2.66. The highest BCUT2D eigenvalue weighted by Gasteiger charge is 2.44. The minimum absolute atomic E-state index is 0.147. The van der Waals surface area contributed by atoms with Crippen LogP contribution >= 0.6 is 11.8 Å². The first-order chi connectivity index (χ1) is 8.15. The van der Waals surface area contributed by atoms with Gasteiger partial charge in [-0.15, -0.1) is 11.8 Å². The highest BCUT2D eigenvalue weighted by atomic mass is 32.2. The van der Waals surface area contributed by atoms with Crippen LogP contribution in [0.5, 0.6) is 11.5 Å². The van der Waals surface area contributed by atoms with Gasteiger partial charge in [0, 0.05) is 5.25 Å². The molecular formula is C12H14O4S. The van der Waals surface area contributed by atoms with Gasteiger partial charge in [-0.05, 0) is 24.6 Å². The van der Waals surface area contributed by atoms with Crippen LogP contribution in [0.3, 0.4) is 0 Å². The van der Waals surface area contributed by atoms with E-state index in [2.05, 4.69) is 0 Å². The highest BCUT2D eigenvalue weighted by molar-refractivity contribution is 8.00. The molecule has 0 aliphatic heterocycles. The fourth-order valence-corrected chi connectivity index (χ4v) is 2.96. The Morgan fingerprint density at radius 2 is 2.18 bits per heavy atom. The first-order valence-corrected chi connectivity index (χ1v) is 6.15. The lowest BCUT2D eigenvalue weighted by atomic mass is 10.3. The van der Waals surface area contributed by atoms with Gasteiger partial charge in [0.1, 0.15) is 11.5 Å². The van der Waals surface area contributed by atoms with Crippen LogP contribution in [0.4, 0.5) is 0 Å². The van der Waals surface area contributed by atoms with Gasteiger partial charge >= 0.3 is 5.97 Å². The van der Waals surface area contributed by atoms with E-state index in [4.69, 9.17) is 14.6 Å². The topological polar surface area (TPSA) is 55.8 Å². The smallest absolute Gasteiger partial charge is 0.307 e. The summed E-state index contributed by atoms with van der Waals surface area (Å²) in [4.78, 5) is 11.7. The average molecular weight is 254 g/mol. The van der Waals surface area contributed by atoms with E-state index in [1.54, 1.807) is 26.0 Å². The average Bonchev–Trinajstić information content (AvgIpc) is 3.08. The standard InChI is InChI=1S/C12H14O4S/c1-15-7-3-4-9(16-2)11(5-7)17-10-6-8(10)12(13)14/h3-5,8,10H,6H2,1-2H3,(H,13,14). The van der Waals surface area contributed by atoms with E-state index in [1.165, 1.54) is 0 Å². The predicted molar refractivity (Wildman–Crippen MR) is 64.9 cm³/mol. The van der Waals surface area contributed by atoms with Crippen molar-refractivity contribution in [2.45, 2.75) is 16.6 Å². The molecule has 2 rings (SSSR count). The summed E-state index contributed by atoms with van der Waals surface area (Å²) < 4.78 is 10.4. The maximum Gasteiger partial charge on any atom is 0.307 e. The molecule has 0 aromatic heterocycles. The summed E-state index contributed by atoms with van der Waals surface area (Å²) in [5.74, 6) is 0.563. The van der Waals surface area contributed by atoms with Crippen molar-refractivity contribution in [2.24, 2.45) is 5.92 Å². The Bertz CT molecular complexity index is 433. The number of carbonyl (C=O) groups is 1. The van der Waals surface area contributed by atoms with Gasteiger partial charge in [0.15, 0.2) is 0 Å². The van der Waals surface area contributed by atoms with Crippen LogP contribution in [0.2, 0.25) is 0 Å². The van der Waals surface area contributed by atoms with Crippen LogP contribution in [0.15, 0.2) is 23.1 Å². The molecular weight excluding hydrogens is 240 g/mol. The largest absolute Gasteiger partial charge is 0.497 e. The maximum atomic E-state index is 10.8. The predicted octanol–water partition coefficient (Wildman–Crippen LogP) is 2.27. The van der Waals surface area contributed by atoms with Crippen LogP contribution in [0.25, 0.3) is 0 Å². The van der Waals surface area contributed by atoms with Gasteiger partial charge in [-0.3, -0.25) is 4.79 Å². The van der Waals surface area contributed by atoms with Crippen LogP contribution in [-0.2, 0) is 4.79 Å². The third-order valence-electron chi connectivity index (χ3n) is 2.70. The molecule has 0 spiro atoms. The zero-order valence-electron chi connectivity index (χ0n) is 9.67. The van der Waals surface area contributed by atoms with Gasteiger partial charge in [0.05, 0.1) is 25.0 Å². The van der Waals surface area contributed by atoms with Gasteiger partial charge in [-0.1, -0.05) is 0 Å². The Kier molecular flexibility index (Phi) is 3.47. The van der Waals surface area contributed by atoms with E-state index in [0.29, 0.717) is 0 Å². The van der Waals surface area contributed by atoms with E-state index < -0.39 is 5.97 Å². The summed E-state index contributed by atoms with van der Waals surface area (Å²) in [7, 11) is 3.21. The van der Waals surface area contributed by atoms with Gasteiger partial charge in [0.25, 0.3) is 0 Å². The second kappa shape index (κ2) is 4.87. The Morgan fingerprint density at radius 1 is 1.41 bits per heavy atom. The number of carboxylic acid groups (broad SMARTS) is 1. The van der Waals surface area contributed by atoms with Crippen molar-refractivity contribution in [3.05, 3.63) is 18.2 Å². The SMILES string of the molecule is COc1ccc(OC)c(SC2CC2C(=O)O)c1. The van der Waals surface area contributed by atoms with Crippen molar-refractivity contribution in [1.82, 2.24) is 0 Å². The van der Waals surface area contributed by atoms with E-state index in [9.17, 15) is 4.79 Å². The van der Waals surface area contributed by atoms with Crippen molar-refractivity contribution in [3.63, 3.8) is 0 Å². The number of hydrogen-bond donors (Lipinski definition) is 1. The number of ether oxygens (including phenoxy) is 2. The molecule has 2 atom stereocenters. The number of methoxy groups -OCH3 is 2. The zero-order valence-corrected chi connectivity index (χ0v) is 10.5. The quantitative estimate of drug-likeness (QED) is 0.873. The number of carboxylic acids is 1. The molecule has 0 radical (unpaired) electrons. The van der Waals surface area contributed by atoms with E-state index in [-0.39, 0.29) is 11.2 Å². The van der Waals surface area contributed by atoms with Gasteiger partial charge < -0.3 is 14.6 Å². The highest BCUT2D eigenvalue weighted by Crippen LogP contribution is 2.48. The molecule has 1 N–H and O–H groups in total. The third-order valence-corrected chi connectivity index (χ3v) is 4.09. The fraction of sp³-hybridized carbons (Fsp3) is 0.417. The Labute approximate surface area is 104 Å². The van der Waals surface area contributed by atoms with Crippen LogP contribution in [0, 0.1) is 5.92 Å². The van der Waals surface area contributed by atoms with Crippen LogP contribution in [-0.4, -0.2) is 30.5 Å². The molecule has 0 bridgehead atoms. The second-order valence-electron chi connectivity index (χ2n) is 3.85. The number of hydrogen-bond acceptors (Lipinski definition) is 4. The minimum atomic E-state index is -0.718. The summed E-state index contributed by atoms with van der Waals surface area (Å²) >= 11 is 1.54.